The van der Waals surface area contributed by atoms with Gasteiger partial charge in [0.2, 0.25) is 12.7 Å². The Balaban J connectivity index is 1.35. The van der Waals surface area contributed by atoms with Crippen LogP contribution in [0.2, 0.25) is 0 Å². The van der Waals surface area contributed by atoms with E-state index in [0.717, 1.165) is 15.0 Å². The van der Waals surface area contributed by atoms with E-state index in [4.69, 9.17) is 9.47 Å². The standard InChI is InChI=1S/C17H12BrN3O4S2/c18-14-4-3-13(27-14)16(23)19-6-15(22)21-17-20-10(7-26-17)9-1-2-11-12(5-9)25-8-24-11/h1-5,7H,6,8H2,(H,19,23)(H,20,21,22). The van der Waals surface area contributed by atoms with Crippen molar-refractivity contribution in [3.05, 3.63) is 44.4 Å². The highest BCUT2D eigenvalue weighted by Gasteiger charge is 2.16. The number of amides is 2. The summed E-state index contributed by atoms with van der Waals surface area (Å²) in [7, 11) is 0. The maximum absolute atomic E-state index is 12.1. The Labute approximate surface area is 170 Å². The fourth-order valence-electron chi connectivity index (χ4n) is 2.37. The van der Waals surface area contributed by atoms with Gasteiger partial charge >= 0.3 is 0 Å². The number of aromatic nitrogens is 1. The van der Waals surface area contributed by atoms with Gasteiger partial charge in [0.05, 0.1) is 20.9 Å². The number of fused-ring (bicyclic) bond motifs is 1. The molecule has 0 aliphatic carbocycles. The lowest BCUT2D eigenvalue weighted by Crippen LogP contribution is -2.32. The third kappa shape index (κ3) is 4.12. The minimum absolute atomic E-state index is 0.132. The van der Waals surface area contributed by atoms with Gasteiger partial charge in [0, 0.05) is 10.9 Å². The summed E-state index contributed by atoms with van der Waals surface area (Å²) in [5.74, 6) is 0.747. The number of hydrogen-bond donors (Lipinski definition) is 2. The molecule has 3 heterocycles. The summed E-state index contributed by atoms with van der Waals surface area (Å²) in [5, 5.41) is 7.57. The van der Waals surface area contributed by atoms with Crippen LogP contribution in [0, 0.1) is 0 Å². The van der Waals surface area contributed by atoms with Crippen LogP contribution in [0.5, 0.6) is 11.5 Å². The van der Waals surface area contributed by atoms with Gasteiger partial charge in [-0.15, -0.1) is 22.7 Å². The quantitative estimate of drug-likeness (QED) is 0.598. The third-order valence-corrected chi connectivity index (χ3v) is 6.01. The first kappa shape index (κ1) is 18.0. The zero-order valence-corrected chi connectivity index (χ0v) is 16.9. The average Bonchev–Trinajstić information content (AvgIpc) is 3.39. The molecule has 0 saturated carbocycles. The number of ether oxygens (including phenoxy) is 2. The number of nitrogens with zero attached hydrogens (tertiary/aromatic N) is 1. The van der Waals surface area contributed by atoms with Crippen LogP contribution in [0.15, 0.2) is 39.5 Å². The molecule has 1 aromatic carbocycles. The first-order chi connectivity index (χ1) is 13.1. The Morgan fingerprint density at radius 1 is 1.19 bits per heavy atom. The number of nitrogens with one attached hydrogen (secondary N) is 2. The normalized spacial score (nSPS) is 12.0. The second kappa shape index (κ2) is 7.67. The van der Waals surface area contributed by atoms with Crippen molar-refractivity contribution in [2.75, 3.05) is 18.7 Å². The van der Waals surface area contributed by atoms with Crippen LogP contribution in [-0.4, -0.2) is 30.1 Å². The molecule has 2 aromatic heterocycles. The van der Waals surface area contributed by atoms with Gasteiger partial charge in [0.25, 0.3) is 5.91 Å². The average molecular weight is 466 g/mol. The highest BCUT2D eigenvalue weighted by atomic mass is 79.9. The van der Waals surface area contributed by atoms with Gasteiger partial charge in [-0.3, -0.25) is 9.59 Å². The monoisotopic (exact) mass is 465 g/mol. The molecule has 0 fully saturated rings. The van der Waals surface area contributed by atoms with Gasteiger partial charge in [-0.2, -0.15) is 0 Å². The van der Waals surface area contributed by atoms with E-state index in [1.807, 2.05) is 23.6 Å². The largest absolute Gasteiger partial charge is 0.454 e. The predicted octanol–water partition coefficient (Wildman–Crippen LogP) is 3.73. The summed E-state index contributed by atoms with van der Waals surface area (Å²) < 4.78 is 11.5. The zero-order valence-electron chi connectivity index (χ0n) is 13.7. The lowest BCUT2D eigenvalue weighted by molar-refractivity contribution is -0.115. The van der Waals surface area contributed by atoms with Crippen LogP contribution in [0.25, 0.3) is 11.3 Å². The van der Waals surface area contributed by atoms with Crippen molar-refractivity contribution < 1.29 is 19.1 Å². The van der Waals surface area contributed by atoms with Gasteiger partial charge in [-0.05, 0) is 46.3 Å². The van der Waals surface area contributed by atoms with Crippen LogP contribution < -0.4 is 20.1 Å². The molecule has 138 valence electrons. The van der Waals surface area contributed by atoms with Gasteiger partial charge in [0.15, 0.2) is 16.6 Å². The number of carbonyl (C=O) groups excluding carboxylic acids is 2. The molecule has 4 rings (SSSR count). The van der Waals surface area contributed by atoms with Crippen LogP contribution in [0.3, 0.4) is 0 Å². The van der Waals surface area contributed by atoms with Crippen molar-refractivity contribution >= 4 is 55.5 Å². The summed E-state index contributed by atoms with van der Waals surface area (Å²) >= 11 is 5.91. The number of thiazole rings is 1. The van der Waals surface area contributed by atoms with Crippen molar-refractivity contribution in [2.24, 2.45) is 0 Å². The molecule has 2 amide bonds. The van der Waals surface area contributed by atoms with Crippen molar-refractivity contribution in [1.29, 1.82) is 0 Å². The van der Waals surface area contributed by atoms with Crippen LogP contribution in [0.1, 0.15) is 9.67 Å². The first-order valence-electron chi connectivity index (χ1n) is 7.77. The van der Waals surface area contributed by atoms with Crippen LogP contribution >= 0.6 is 38.6 Å². The summed E-state index contributed by atoms with van der Waals surface area (Å²) in [6, 6.07) is 9.04. The van der Waals surface area contributed by atoms with Crippen LogP contribution in [0.4, 0.5) is 5.13 Å². The molecule has 1 aliphatic rings. The number of hydrogen-bond acceptors (Lipinski definition) is 7. The summed E-state index contributed by atoms with van der Waals surface area (Å²) in [5.41, 5.74) is 1.59. The summed E-state index contributed by atoms with van der Waals surface area (Å²) in [6.45, 7) is 0.0819. The molecular weight excluding hydrogens is 454 g/mol. The van der Waals surface area contributed by atoms with Gasteiger partial charge in [-0.1, -0.05) is 0 Å². The van der Waals surface area contributed by atoms with Crippen LogP contribution in [-0.2, 0) is 4.79 Å². The second-order valence-corrected chi connectivity index (χ2v) is 8.76. The minimum atomic E-state index is -0.342. The van der Waals surface area contributed by atoms with Crippen molar-refractivity contribution in [1.82, 2.24) is 10.3 Å². The van der Waals surface area contributed by atoms with Crippen molar-refractivity contribution in [2.45, 2.75) is 0 Å². The number of rotatable bonds is 5. The van der Waals surface area contributed by atoms with Gasteiger partial charge < -0.3 is 20.1 Å². The number of benzene rings is 1. The molecule has 0 unspecified atom stereocenters. The molecule has 3 aromatic rings. The molecule has 0 spiro atoms. The topological polar surface area (TPSA) is 89.6 Å². The Kier molecular flexibility index (Phi) is 5.10. The fraction of sp³-hybridized carbons (Fsp3) is 0.118. The predicted molar refractivity (Wildman–Crippen MR) is 107 cm³/mol. The molecule has 10 heteroatoms. The van der Waals surface area contributed by atoms with Crippen molar-refractivity contribution in [3.63, 3.8) is 0 Å². The first-order valence-corrected chi connectivity index (χ1v) is 10.3. The SMILES string of the molecule is O=C(CNC(=O)c1ccc(Br)s1)Nc1nc(-c2ccc3c(c2)OCO3)cs1. The van der Waals surface area contributed by atoms with E-state index in [-0.39, 0.29) is 25.2 Å². The molecule has 0 bridgehead atoms. The van der Waals surface area contributed by atoms with E-state index < -0.39 is 0 Å². The molecular formula is C17H12BrN3O4S2. The van der Waals surface area contributed by atoms with Gasteiger partial charge in [0.1, 0.15) is 0 Å². The molecule has 1 aliphatic heterocycles. The van der Waals surface area contributed by atoms with Gasteiger partial charge in [-0.25, -0.2) is 4.98 Å². The highest BCUT2D eigenvalue weighted by Crippen LogP contribution is 2.36. The number of carbonyl (C=O) groups is 2. The molecule has 7 nitrogen and oxygen atoms in total. The maximum Gasteiger partial charge on any atom is 0.261 e. The molecule has 0 radical (unpaired) electrons. The Hall–Kier alpha value is -2.43. The molecule has 0 saturated heterocycles. The molecule has 2 N–H and O–H groups in total. The summed E-state index contributed by atoms with van der Waals surface area (Å²) in [4.78, 5) is 29.0. The number of thiophene rings is 1. The minimum Gasteiger partial charge on any atom is -0.454 e. The van der Waals surface area contributed by atoms with E-state index in [1.54, 1.807) is 12.1 Å². The van der Waals surface area contributed by atoms with E-state index in [2.05, 4.69) is 31.5 Å². The smallest absolute Gasteiger partial charge is 0.261 e. The number of anilines is 1. The lowest BCUT2D eigenvalue weighted by Gasteiger charge is -2.03. The Bertz CT molecular complexity index is 1020. The Morgan fingerprint density at radius 2 is 2.04 bits per heavy atom. The third-order valence-electron chi connectivity index (χ3n) is 3.63. The fourth-order valence-corrected chi connectivity index (χ4v) is 4.41. The van der Waals surface area contributed by atoms with Crippen molar-refractivity contribution in [3.8, 4) is 22.8 Å². The second-order valence-electron chi connectivity index (χ2n) is 5.44. The number of halogens is 1. The van der Waals surface area contributed by atoms with E-state index in [1.165, 1.54) is 22.7 Å². The molecule has 27 heavy (non-hydrogen) atoms. The maximum atomic E-state index is 12.1. The summed E-state index contributed by atoms with van der Waals surface area (Å²) in [6.07, 6.45) is 0. The lowest BCUT2D eigenvalue weighted by atomic mass is 10.1. The van der Waals surface area contributed by atoms with E-state index in [0.29, 0.717) is 21.5 Å². The van der Waals surface area contributed by atoms with E-state index in [9.17, 15) is 9.59 Å². The van der Waals surface area contributed by atoms with E-state index >= 15 is 0 Å². The molecule has 0 atom stereocenters. The zero-order chi connectivity index (χ0) is 18.8. The highest BCUT2D eigenvalue weighted by molar-refractivity contribution is 9.11. The Morgan fingerprint density at radius 3 is 2.85 bits per heavy atom.